The van der Waals surface area contributed by atoms with Crippen LogP contribution in [0.25, 0.3) is 0 Å². The fraction of sp³-hybridized carbons (Fsp3) is 0.0667. The molecule has 0 aliphatic carbocycles. The van der Waals surface area contributed by atoms with Gasteiger partial charge in [-0.15, -0.1) is 0 Å². The van der Waals surface area contributed by atoms with E-state index in [0.717, 1.165) is 11.4 Å². The van der Waals surface area contributed by atoms with E-state index in [1.807, 2.05) is 0 Å². The summed E-state index contributed by atoms with van der Waals surface area (Å²) in [7, 11) is 1.59. The number of rotatable bonds is 5. The molecule has 2 aromatic carbocycles. The van der Waals surface area contributed by atoms with Gasteiger partial charge in [-0.25, -0.2) is 0 Å². The Morgan fingerprint density at radius 2 is 1.96 bits per heavy atom. The van der Waals surface area contributed by atoms with Crippen molar-refractivity contribution in [1.82, 2.24) is 5.43 Å². The zero-order chi connectivity index (χ0) is 16.7. The molecule has 0 spiro atoms. The van der Waals surface area contributed by atoms with Crippen molar-refractivity contribution >= 4 is 34.9 Å². The maximum Gasteiger partial charge on any atom is 0.278 e. The number of hydrogen-bond donors (Lipinski definition) is 2. The van der Waals surface area contributed by atoms with Gasteiger partial charge in [-0.3, -0.25) is 15.5 Å². The molecular formula is C15H14N4O3S. The van der Waals surface area contributed by atoms with Crippen LogP contribution < -0.4 is 15.5 Å². The molecule has 2 rings (SSSR count). The molecule has 0 atom stereocenters. The second kappa shape index (κ2) is 7.85. The van der Waals surface area contributed by atoms with Gasteiger partial charge in [0, 0.05) is 11.8 Å². The van der Waals surface area contributed by atoms with Crippen LogP contribution in [0.5, 0.6) is 5.75 Å². The molecule has 2 N–H and O–H groups in total. The number of nitrogens with zero attached hydrogens (tertiary/aromatic N) is 2. The zero-order valence-corrected chi connectivity index (χ0v) is 13.0. The lowest BCUT2D eigenvalue weighted by Crippen LogP contribution is -2.23. The first-order chi connectivity index (χ1) is 11.1. The van der Waals surface area contributed by atoms with Crippen molar-refractivity contribution in [3.8, 4) is 5.75 Å². The minimum absolute atomic E-state index is 0.0212. The Morgan fingerprint density at radius 1 is 1.26 bits per heavy atom. The number of methoxy groups -OCH3 is 1. The van der Waals surface area contributed by atoms with E-state index in [-0.39, 0.29) is 10.8 Å². The normalized spacial score (nSPS) is 10.3. The summed E-state index contributed by atoms with van der Waals surface area (Å²) in [5.74, 6) is 0.740. The van der Waals surface area contributed by atoms with Crippen molar-refractivity contribution in [2.75, 3.05) is 12.4 Å². The van der Waals surface area contributed by atoms with E-state index in [2.05, 4.69) is 15.8 Å². The smallest absolute Gasteiger partial charge is 0.278 e. The highest BCUT2D eigenvalue weighted by Gasteiger charge is 2.09. The summed E-state index contributed by atoms with van der Waals surface area (Å²) < 4.78 is 5.06. The number of ether oxygens (including phenoxy) is 1. The number of para-hydroxylation sites is 1. The number of nitrogens with one attached hydrogen (secondary N) is 2. The molecule has 0 aromatic heterocycles. The summed E-state index contributed by atoms with van der Waals surface area (Å²) in [5.41, 5.74) is 3.74. The topological polar surface area (TPSA) is 88.8 Å². The van der Waals surface area contributed by atoms with Crippen LogP contribution in [-0.4, -0.2) is 23.4 Å². The van der Waals surface area contributed by atoms with Gasteiger partial charge in [-0.05, 0) is 42.5 Å². The molecule has 0 unspecified atom stereocenters. The summed E-state index contributed by atoms with van der Waals surface area (Å²) in [6.07, 6.45) is 1.35. The van der Waals surface area contributed by atoms with Gasteiger partial charge in [0.2, 0.25) is 0 Å². The van der Waals surface area contributed by atoms with Crippen LogP contribution in [0.2, 0.25) is 0 Å². The van der Waals surface area contributed by atoms with Crippen LogP contribution in [0.3, 0.4) is 0 Å². The number of nitro groups is 1. The van der Waals surface area contributed by atoms with Crippen LogP contribution >= 0.6 is 12.2 Å². The second-order valence-electron chi connectivity index (χ2n) is 4.37. The molecule has 8 heteroatoms. The van der Waals surface area contributed by atoms with Crippen molar-refractivity contribution < 1.29 is 9.66 Å². The van der Waals surface area contributed by atoms with Crippen LogP contribution in [0, 0.1) is 10.1 Å². The standard InChI is InChI=1S/C15H14N4O3S/c1-22-13-8-6-12(7-9-13)17-15(23)18-16-10-11-4-2-3-5-14(11)19(20)21/h2-10H,1H3,(H2,17,18,23)/b16-10-. The predicted molar refractivity (Wildman–Crippen MR) is 93.0 cm³/mol. The molecule has 0 aliphatic rings. The maximum atomic E-state index is 10.9. The van der Waals surface area contributed by atoms with Crippen molar-refractivity contribution in [2.24, 2.45) is 5.10 Å². The van der Waals surface area contributed by atoms with Crippen LogP contribution in [-0.2, 0) is 0 Å². The van der Waals surface area contributed by atoms with Gasteiger partial charge in [0.05, 0.1) is 23.8 Å². The summed E-state index contributed by atoms with van der Waals surface area (Å²) in [5, 5.41) is 18.0. The molecule has 0 aliphatic heterocycles. The minimum Gasteiger partial charge on any atom is -0.497 e. The number of thiocarbonyl (C=S) groups is 1. The second-order valence-corrected chi connectivity index (χ2v) is 4.78. The lowest BCUT2D eigenvalue weighted by atomic mass is 10.2. The van der Waals surface area contributed by atoms with E-state index in [1.54, 1.807) is 49.6 Å². The molecule has 0 heterocycles. The van der Waals surface area contributed by atoms with E-state index in [0.29, 0.717) is 5.56 Å². The highest BCUT2D eigenvalue weighted by molar-refractivity contribution is 7.80. The Morgan fingerprint density at radius 3 is 2.61 bits per heavy atom. The first-order valence-electron chi connectivity index (χ1n) is 6.57. The monoisotopic (exact) mass is 330 g/mol. The van der Waals surface area contributed by atoms with Gasteiger partial charge in [0.25, 0.3) is 5.69 Å². The molecule has 0 bridgehead atoms. The fourth-order valence-corrected chi connectivity index (χ4v) is 1.93. The van der Waals surface area contributed by atoms with Crippen molar-refractivity contribution in [3.63, 3.8) is 0 Å². The summed E-state index contributed by atoms with van der Waals surface area (Å²) in [6, 6.07) is 13.5. The van der Waals surface area contributed by atoms with Gasteiger partial charge in [-0.1, -0.05) is 12.1 Å². The molecule has 0 fully saturated rings. The van der Waals surface area contributed by atoms with E-state index < -0.39 is 4.92 Å². The highest BCUT2D eigenvalue weighted by Crippen LogP contribution is 2.16. The van der Waals surface area contributed by atoms with Crippen LogP contribution in [0.15, 0.2) is 53.6 Å². The third kappa shape index (κ3) is 4.75. The molecular weight excluding hydrogens is 316 g/mol. The quantitative estimate of drug-likeness (QED) is 0.379. The van der Waals surface area contributed by atoms with E-state index in [1.165, 1.54) is 12.3 Å². The van der Waals surface area contributed by atoms with Gasteiger partial charge in [0.15, 0.2) is 5.11 Å². The van der Waals surface area contributed by atoms with Crippen molar-refractivity contribution in [3.05, 3.63) is 64.2 Å². The number of hydrogen-bond acceptors (Lipinski definition) is 5. The average molecular weight is 330 g/mol. The largest absolute Gasteiger partial charge is 0.497 e. The molecule has 0 saturated carbocycles. The Labute approximate surface area is 138 Å². The van der Waals surface area contributed by atoms with Gasteiger partial charge >= 0.3 is 0 Å². The number of anilines is 1. The number of nitro benzene ring substituents is 1. The van der Waals surface area contributed by atoms with Crippen LogP contribution in [0.4, 0.5) is 11.4 Å². The zero-order valence-electron chi connectivity index (χ0n) is 12.2. The van der Waals surface area contributed by atoms with Crippen molar-refractivity contribution in [1.29, 1.82) is 0 Å². The third-order valence-corrected chi connectivity index (χ3v) is 3.04. The first-order valence-corrected chi connectivity index (χ1v) is 6.98. The highest BCUT2D eigenvalue weighted by atomic mass is 32.1. The summed E-state index contributed by atoms with van der Waals surface area (Å²) in [4.78, 5) is 10.4. The van der Waals surface area contributed by atoms with E-state index in [9.17, 15) is 10.1 Å². The molecule has 0 radical (unpaired) electrons. The Hall–Kier alpha value is -3.00. The van der Waals surface area contributed by atoms with E-state index >= 15 is 0 Å². The molecule has 23 heavy (non-hydrogen) atoms. The Bertz CT molecular complexity index is 732. The lowest BCUT2D eigenvalue weighted by Gasteiger charge is -2.07. The van der Waals surface area contributed by atoms with E-state index in [4.69, 9.17) is 17.0 Å². The van der Waals surface area contributed by atoms with Crippen LogP contribution in [0.1, 0.15) is 5.56 Å². The first kappa shape index (κ1) is 16.4. The SMILES string of the molecule is COc1ccc(NC(=S)N/N=C\c2ccccc2[N+](=O)[O-])cc1. The predicted octanol–water partition coefficient (Wildman–Crippen LogP) is 2.92. The minimum atomic E-state index is -0.463. The van der Waals surface area contributed by atoms with Crippen molar-refractivity contribution in [2.45, 2.75) is 0 Å². The van der Waals surface area contributed by atoms with Gasteiger partial charge in [-0.2, -0.15) is 5.10 Å². The Balaban J connectivity index is 1.94. The molecule has 7 nitrogen and oxygen atoms in total. The molecule has 118 valence electrons. The third-order valence-electron chi connectivity index (χ3n) is 2.85. The molecule has 0 saturated heterocycles. The van der Waals surface area contributed by atoms with Gasteiger partial charge < -0.3 is 10.1 Å². The Kier molecular flexibility index (Phi) is 5.59. The average Bonchev–Trinajstić information content (AvgIpc) is 2.56. The summed E-state index contributed by atoms with van der Waals surface area (Å²) >= 11 is 5.10. The molecule has 0 amide bonds. The maximum absolute atomic E-state index is 10.9. The number of benzene rings is 2. The fourth-order valence-electron chi connectivity index (χ4n) is 1.76. The summed E-state index contributed by atoms with van der Waals surface area (Å²) in [6.45, 7) is 0. The number of hydrazone groups is 1. The lowest BCUT2D eigenvalue weighted by molar-refractivity contribution is -0.385. The molecule has 2 aromatic rings. The van der Waals surface area contributed by atoms with Gasteiger partial charge in [0.1, 0.15) is 5.75 Å².